The lowest BCUT2D eigenvalue weighted by Gasteiger charge is -2.19. The first-order valence-corrected chi connectivity index (χ1v) is 12.4. The Morgan fingerprint density at radius 1 is 1.02 bits per heavy atom. The zero-order valence-corrected chi connectivity index (χ0v) is 21.5. The van der Waals surface area contributed by atoms with Crippen LogP contribution in [0.4, 0.5) is 18.9 Å². The first kappa shape index (κ1) is 28.1. The van der Waals surface area contributed by atoms with E-state index >= 15 is 0 Å². The van der Waals surface area contributed by atoms with E-state index in [-0.39, 0.29) is 0 Å². The third-order valence-electron chi connectivity index (χ3n) is 6.71. The van der Waals surface area contributed by atoms with Gasteiger partial charge in [-0.25, -0.2) is 4.79 Å². The highest BCUT2D eigenvalue weighted by Gasteiger charge is 2.47. The number of nitrogens with zero attached hydrogens (tertiary/aromatic N) is 2. The number of benzene rings is 2. The van der Waals surface area contributed by atoms with E-state index in [0.717, 1.165) is 16.7 Å². The van der Waals surface area contributed by atoms with Crippen molar-refractivity contribution in [3.8, 4) is 11.1 Å². The first-order valence-electron chi connectivity index (χ1n) is 12.4. The van der Waals surface area contributed by atoms with Gasteiger partial charge in [-0.15, -0.1) is 0 Å². The summed E-state index contributed by atoms with van der Waals surface area (Å²) in [6.07, 6.45) is -0.961. The smallest absolute Gasteiger partial charge is 0.366 e. The van der Waals surface area contributed by atoms with Gasteiger partial charge in [-0.3, -0.25) is 28.8 Å². The van der Waals surface area contributed by atoms with Crippen LogP contribution in [0.25, 0.3) is 11.1 Å². The second kappa shape index (κ2) is 10.5. The maximum atomic E-state index is 13.1. The number of carbonyl (C=O) groups excluding carboxylic acids is 3. The summed E-state index contributed by atoms with van der Waals surface area (Å²) in [6.45, 7) is 0.377. The number of halogens is 3. The maximum Gasteiger partial charge on any atom is 0.471 e. The number of aromatic amines is 2. The van der Waals surface area contributed by atoms with E-state index in [4.69, 9.17) is 5.73 Å². The van der Waals surface area contributed by atoms with Crippen LogP contribution >= 0.6 is 0 Å². The van der Waals surface area contributed by atoms with Gasteiger partial charge >= 0.3 is 17.8 Å². The minimum absolute atomic E-state index is 0.377. The minimum atomic E-state index is -5.34. The molecular weight excluding hydrogens is 559 g/mol. The summed E-state index contributed by atoms with van der Waals surface area (Å²) in [4.78, 5) is 63.7. The quantitative estimate of drug-likeness (QED) is 0.212. The average molecular weight is 582 g/mol. The highest BCUT2D eigenvalue weighted by Crippen LogP contribution is 2.46. The van der Waals surface area contributed by atoms with Crippen molar-refractivity contribution < 1.29 is 27.6 Å². The normalized spacial score (nSPS) is 13.8. The number of primary amides is 1. The number of alkyl halides is 3. The number of nitrogens with two attached hydrogens (primary N) is 1. The standard InChI is InChI=1S/C27H22F3N7O5/c28-27(29,30)24(41)33-19-20(34-25(42)35-22(19)39)23(40)36-26(7-8-26)18-6-2-4-15(10-18)17-11-32-37(13-17)12-14-3-1-5-16(9-14)21(31)38/h1-6,9-11,13H,7-8,12H2,(H2,31,38)(H,33,41)(H,36,40)(H2,34,35,39,42). The summed E-state index contributed by atoms with van der Waals surface area (Å²) in [7, 11) is 0. The van der Waals surface area contributed by atoms with Crippen LogP contribution in [0.5, 0.6) is 0 Å². The van der Waals surface area contributed by atoms with E-state index in [1.54, 1.807) is 52.4 Å². The average Bonchev–Trinajstić information content (AvgIpc) is 3.57. The van der Waals surface area contributed by atoms with E-state index < -0.39 is 52.1 Å². The van der Waals surface area contributed by atoms with Crippen molar-refractivity contribution in [2.24, 2.45) is 5.73 Å². The molecule has 6 N–H and O–H groups in total. The molecule has 0 saturated heterocycles. The van der Waals surface area contributed by atoms with Gasteiger partial charge in [0.2, 0.25) is 5.91 Å². The molecule has 2 aromatic carbocycles. The van der Waals surface area contributed by atoms with E-state index in [0.29, 0.717) is 30.5 Å². The molecule has 42 heavy (non-hydrogen) atoms. The Bertz CT molecular complexity index is 1840. The van der Waals surface area contributed by atoms with Gasteiger partial charge in [-0.05, 0) is 47.7 Å². The molecule has 1 saturated carbocycles. The second-order valence-electron chi connectivity index (χ2n) is 9.72. The van der Waals surface area contributed by atoms with E-state index in [1.807, 2.05) is 23.2 Å². The number of H-pyrrole nitrogens is 2. The second-order valence-corrected chi connectivity index (χ2v) is 9.72. The van der Waals surface area contributed by atoms with E-state index in [9.17, 15) is 37.1 Å². The largest absolute Gasteiger partial charge is 0.471 e. The van der Waals surface area contributed by atoms with Gasteiger partial charge < -0.3 is 21.4 Å². The van der Waals surface area contributed by atoms with Crippen molar-refractivity contribution >= 4 is 23.4 Å². The number of amides is 3. The topological polar surface area (TPSA) is 185 Å². The highest BCUT2D eigenvalue weighted by atomic mass is 19.4. The molecule has 3 amide bonds. The van der Waals surface area contributed by atoms with Crippen LogP contribution in [0.15, 0.2) is 70.5 Å². The molecule has 0 radical (unpaired) electrons. The van der Waals surface area contributed by atoms with Crippen molar-refractivity contribution in [1.82, 2.24) is 25.1 Å². The number of hydrogen-bond donors (Lipinski definition) is 5. The third kappa shape index (κ3) is 5.84. The highest BCUT2D eigenvalue weighted by molar-refractivity contribution is 6.03. The van der Waals surface area contributed by atoms with Crippen LogP contribution in [0.3, 0.4) is 0 Å². The van der Waals surface area contributed by atoms with Gasteiger partial charge in [0.25, 0.3) is 11.5 Å². The van der Waals surface area contributed by atoms with E-state index in [2.05, 4.69) is 10.4 Å². The molecule has 5 rings (SSSR count). The Morgan fingerprint density at radius 3 is 2.45 bits per heavy atom. The molecule has 1 fully saturated rings. The molecule has 0 spiro atoms. The molecule has 216 valence electrons. The van der Waals surface area contributed by atoms with Gasteiger partial charge in [0.15, 0.2) is 0 Å². The molecule has 2 heterocycles. The maximum absolute atomic E-state index is 13.1. The Kier molecular flexibility index (Phi) is 7.02. The molecule has 0 bridgehead atoms. The van der Waals surface area contributed by atoms with Crippen LogP contribution in [-0.2, 0) is 16.9 Å². The molecule has 0 atom stereocenters. The zero-order chi connectivity index (χ0) is 30.2. The van der Waals surface area contributed by atoms with Crippen molar-refractivity contribution in [1.29, 1.82) is 0 Å². The van der Waals surface area contributed by atoms with Crippen LogP contribution in [0.2, 0.25) is 0 Å². The SMILES string of the molecule is NC(=O)c1cccc(Cn2cc(-c3cccc(C4(NC(=O)c5[nH]c(=O)[nH]c(=O)c5NC(=O)C(F)(F)F)CC4)c3)cn2)c1. The lowest BCUT2D eigenvalue weighted by atomic mass is 9.99. The monoisotopic (exact) mass is 581 g/mol. The Hall–Kier alpha value is -5.47. The number of hydrogen-bond acceptors (Lipinski definition) is 6. The Labute approximate surface area is 233 Å². The summed E-state index contributed by atoms with van der Waals surface area (Å²) < 4.78 is 40.1. The predicted octanol–water partition coefficient (Wildman–Crippen LogP) is 1.99. The molecule has 2 aromatic heterocycles. The zero-order valence-electron chi connectivity index (χ0n) is 21.5. The minimum Gasteiger partial charge on any atom is -0.366 e. The Balaban J connectivity index is 1.37. The fraction of sp³-hybridized carbons (Fsp3) is 0.185. The van der Waals surface area contributed by atoms with Crippen LogP contribution in [0.1, 0.15) is 44.8 Å². The number of nitrogens with one attached hydrogen (secondary N) is 4. The lowest BCUT2D eigenvalue weighted by Crippen LogP contribution is -2.41. The van der Waals surface area contributed by atoms with Crippen molar-refractivity contribution in [2.75, 3.05) is 5.32 Å². The van der Waals surface area contributed by atoms with Gasteiger partial charge in [-0.2, -0.15) is 18.3 Å². The number of anilines is 1. The first-order chi connectivity index (χ1) is 19.8. The van der Waals surface area contributed by atoms with Gasteiger partial charge in [-0.1, -0.05) is 30.3 Å². The lowest BCUT2D eigenvalue weighted by molar-refractivity contribution is -0.167. The summed E-state index contributed by atoms with van der Waals surface area (Å²) in [5.41, 5.74) is 3.44. The summed E-state index contributed by atoms with van der Waals surface area (Å²) in [5.74, 6) is -4.07. The van der Waals surface area contributed by atoms with Crippen LogP contribution < -0.4 is 27.6 Å². The van der Waals surface area contributed by atoms with Gasteiger partial charge in [0.05, 0.1) is 18.3 Å². The fourth-order valence-corrected chi connectivity index (χ4v) is 4.46. The summed E-state index contributed by atoms with van der Waals surface area (Å²) in [6, 6.07) is 14.0. The molecule has 0 aliphatic heterocycles. The molecule has 0 unspecified atom stereocenters. The number of aromatic nitrogens is 4. The van der Waals surface area contributed by atoms with Crippen molar-refractivity contribution in [2.45, 2.75) is 31.1 Å². The van der Waals surface area contributed by atoms with Crippen LogP contribution in [-0.4, -0.2) is 43.6 Å². The van der Waals surface area contributed by atoms with Gasteiger partial charge in [0, 0.05) is 17.3 Å². The van der Waals surface area contributed by atoms with E-state index in [1.165, 1.54) is 5.32 Å². The molecular formula is C27H22F3N7O5. The summed E-state index contributed by atoms with van der Waals surface area (Å²) in [5, 5.41) is 8.42. The molecule has 15 heteroatoms. The van der Waals surface area contributed by atoms with Gasteiger partial charge in [0.1, 0.15) is 11.4 Å². The van der Waals surface area contributed by atoms with Crippen LogP contribution in [0, 0.1) is 0 Å². The molecule has 4 aromatic rings. The third-order valence-corrected chi connectivity index (χ3v) is 6.71. The Morgan fingerprint density at radius 2 is 1.76 bits per heavy atom. The number of rotatable bonds is 8. The molecule has 1 aliphatic rings. The summed E-state index contributed by atoms with van der Waals surface area (Å²) >= 11 is 0. The van der Waals surface area contributed by atoms with Crippen molar-refractivity contribution in [3.05, 3.63) is 104 Å². The van der Waals surface area contributed by atoms with Crippen molar-refractivity contribution in [3.63, 3.8) is 0 Å². The predicted molar refractivity (Wildman–Crippen MR) is 142 cm³/mol. The molecule has 12 nitrogen and oxygen atoms in total. The fourth-order valence-electron chi connectivity index (χ4n) is 4.46. The molecule has 1 aliphatic carbocycles. The number of carbonyl (C=O) groups is 3.